The minimum atomic E-state index is -0.883. The van der Waals surface area contributed by atoms with Crippen LogP contribution in [0.3, 0.4) is 0 Å². The number of hydrogen-bond donors (Lipinski definition) is 2. The summed E-state index contributed by atoms with van der Waals surface area (Å²) in [6.07, 6.45) is 1.01. The molecule has 2 fully saturated rings. The van der Waals surface area contributed by atoms with Gasteiger partial charge in [0.15, 0.2) is 12.2 Å². The standard InChI is InChI=1S/C19H31N3O6/c1-5-9-20-16(23)14-15(28-14)17(24)21-13(11(3)6-2)18(25)22-10-7-8-12(22)19(26)27-4/h11-15H,5-10H2,1-4H3,(H,20,23)(H,21,24)/t11-,12-,13+,14-,15+/m1/s1. The van der Waals surface area contributed by atoms with E-state index in [4.69, 9.17) is 9.47 Å². The van der Waals surface area contributed by atoms with E-state index < -0.39 is 36.2 Å². The normalized spacial score (nSPS) is 25.6. The van der Waals surface area contributed by atoms with Gasteiger partial charge in [0.25, 0.3) is 11.8 Å². The van der Waals surface area contributed by atoms with Crippen molar-refractivity contribution in [3.8, 4) is 0 Å². The van der Waals surface area contributed by atoms with E-state index in [1.54, 1.807) is 0 Å². The summed E-state index contributed by atoms with van der Waals surface area (Å²) in [5, 5.41) is 5.43. The topological polar surface area (TPSA) is 117 Å². The van der Waals surface area contributed by atoms with Gasteiger partial charge < -0.3 is 25.0 Å². The number of methoxy groups -OCH3 is 1. The van der Waals surface area contributed by atoms with Gasteiger partial charge in [0.1, 0.15) is 12.1 Å². The van der Waals surface area contributed by atoms with Crippen LogP contribution in [0.1, 0.15) is 46.5 Å². The van der Waals surface area contributed by atoms with Crippen LogP contribution in [-0.2, 0) is 28.7 Å². The van der Waals surface area contributed by atoms with Gasteiger partial charge in [0.05, 0.1) is 7.11 Å². The molecule has 0 bridgehead atoms. The number of carbonyl (C=O) groups excluding carboxylic acids is 4. The molecule has 0 saturated carbocycles. The molecule has 9 nitrogen and oxygen atoms in total. The van der Waals surface area contributed by atoms with Gasteiger partial charge in [-0.3, -0.25) is 14.4 Å². The van der Waals surface area contributed by atoms with Crippen LogP contribution in [0.25, 0.3) is 0 Å². The monoisotopic (exact) mass is 397 g/mol. The van der Waals surface area contributed by atoms with Crippen LogP contribution >= 0.6 is 0 Å². The molecule has 2 saturated heterocycles. The van der Waals surface area contributed by atoms with Crippen LogP contribution in [0.5, 0.6) is 0 Å². The number of nitrogens with one attached hydrogen (secondary N) is 2. The van der Waals surface area contributed by atoms with E-state index in [2.05, 4.69) is 10.6 Å². The zero-order valence-corrected chi connectivity index (χ0v) is 17.0. The summed E-state index contributed by atoms with van der Waals surface area (Å²) < 4.78 is 10.0. The van der Waals surface area contributed by atoms with Crippen molar-refractivity contribution in [2.24, 2.45) is 5.92 Å². The van der Waals surface area contributed by atoms with Gasteiger partial charge >= 0.3 is 5.97 Å². The van der Waals surface area contributed by atoms with Crippen molar-refractivity contribution in [1.29, 1.82) is 0 Å². The van der Waals surface area contributed by atoms with Gasteiger partial charge in [-0.25, -0.2) is 4.79 Å². The highest BCUT2D eigenvalue weighted by atomic mass is 16.6. The molecule has 2 aliphatic heterocycles. The van der Waals surface area contributed by atoms with Crippen LogP contribution < -0.4 is 10.6 Å². The third kappa shape index (κ3) is 5.01. The molecule has 9 heteroatoms. The zero-order chi connectivity index (χ0) is 20.8. The second-order valence-corrected chi connectivity index (χ2v) is 7.35. The van der Waals surface area contributed by atoms with Crippen molar-refractivity contribution in [3.05, 3.63) is 0 Å². The minimum Gasteiger partial charge on any atom is -0.467 e. The minimum absolute atomic E-state index is 0.138. The number of nitrogens with zero attached hydrogens (tertiary/aromatic N) is 1. The molecular formula is C19H31N3O6. The molecule has 0 aromatic carbocycles. The van der Waals surface area contributed by atoms with Crippen LogP contribution in [-0.4, -0.2) is 73.1 Å². The molecule has 2 N–H and O–H groups in total. The molecule has 2 heterocycles. The molecule has 0 aliphatic carbocycles. The molecule has 2 aliphatic rings. The Hall–Kier alpha value is -2.16. The number of rotatable bonds is 9. The highest BCUT2D eigenvalue weighted by molar-refractivity contribution is 5.97. The van der Waals surface area contributed by atoms with Crippen molar-refractivity contribution in [2.45, 2.75) is 70.7 Å². The van der Waals surface area contributed by atoms with E-state index in [9.17, 15) is 19.2 Å². The predicted molar refractivity (Wildman–Crippen MR) is 100 cm³/mol. The Bertz CT molecular complexity index is 610. The fourth-order valence-electron chi connectivity index (χ4n) is 3.37. The third-order valence-electron chi connectivity index (χ3n) is 5.34. The third-order valence-corrected chi connectivity index (χ3v) is 5.34. The van der Waals surface area contributed by atoms with Gasteiger partial charge in [0.2, 0.25) is 5.91 Å². The van der Waals surface area contributed by atoms with Gasteiger partial charge in [-0.05, 0) is 25.2 Å². The van der Waals surface area contributed by atoms with E-state index in [1.807, 2.05) is 20.8 Å². The van der Waals surface area contributed by atoms with Gasteiger partial charge in [-0.1, -0.05) is 27.2 Å². The molecular weight excluding hydrogens is 366 g/mol. The summed E-state index contributed by atoms with van der Waals surface area (Å²) in [5.41, 5.74) is 0. The first-order chi connectivity index (χ1) is 13.3. The lowest BCUT2D eigenvalue weighted by molar-refractivity contribution is -0.152. The van der Waals surface area contributed by atoms with Crippen molar-refractivity contribution in [1.82, 2.24) is 15.5 Å². The van der Waals surface area contributed by atoms with Crippen molar-refractivity contribution >= 4 is 23.7 Å². The van der Waals surface area contributed by atoms with Crippen LogP contribution in [0.15, 0.2) is 0 Å². The fourth-order valence-corrected chi connectivity index (χ4v) is 3.37. The maximum atomic E-state index is 13.1. The lowest BCUT2D eigenvalue weighted by atomic mass is 9.97. The number of likely N-dealkylation sites (tertiary alicyclic amines) is 1. The molecule has 0 aromatic heterocycles. The predicted octanol–water partition coefficient (Wildman–Crippen LogP) is -0.0251. The number of hydrogen-bond acceptors (Lipinski definition) is 6. The summed E-state index contributed by atoms with van der Waals surface area (Å²) in [7, 11) is 1.30. The van der Waals surface area contributed by atoms with Gasteiger partial charge in [0, 0.05) is 13.1 Å². The van der Waals surface area contributed by atoms with Crippen LogP contribution in [0, 0.1) is 5.92 Å². The molecule has 0 radical (unpaired) electrons. The second-order valence-electron chi connectivity index (χ2n) is 7.35. The number of epoxide rings is 1. The summed E-state index contributed by atoms with van der Waals surface area (Å²) in [6, 6.07) is -1.41. The lowest BCUT2D eigenvalue weighted by Gasteiger charge is -2.30. The SMILES string of the molecule is CCCNC(=O)[C@@H]1O[C@@H]1C(=O)N[C@H](C(=O)N1CCC[C@@H]1C(=O)OC)[C@H](C)CC. The van der Waals surface area contributed by atoms with Gasteiger partial charge in [-0.2, -0.15) is 0 Å². The van der Waals surface area contributed by atoms with Gasteiger partial charge in [-0.15, -0.1) is 0 Å². The van der Waals surface area contributed by atoms with Crippen LogP contribution in [0.4, 0.5) is 0 Å². The molecule has 28 heavy (non-hydrogen) atoms. The number of carbonyl (C=O) groups is 4. The maximum absolute atomic E-state index is 13.1. The number of ether oxygens (including phenoxy) is 2. The zero-order valence-electron chi connectivity index (χ0n) is 17.0. The summed E-state index contributed by atoms with van der Waals surface area (Å²) >= 11 is 0. The summed E-state index contributed by atoms with van der Waals surface area (Å²) in [6.45, 7) is 6.69. The smallest absolute Gasteiger partial charge is 0.328 e. The summed E-state index contributed by atoms with van der Waals surface area (Å²) in [5.74, 6) is -1.69. The first-order valence-electron chi connectivity index (χ1n) is 9.97. The average Bonchev–Trinajstić information content (AvgIpc) is 3.36. The highest BCUT2D eigenvalue weighted by Crippen LogP contribution is 2.25. The fraction of sp³-hybridized carbons (Fsp3) is 0.789. The van der Waals surface area contributed by atoms with E-state index in [-0.39, 0.29) is 17.7 Å². The lowest BCUT2D eigenvalue weighted by Crippen LogP contribution is -2.55. The Kier molecular flexibility index (Phi) is 7.79. The average molecular weight is 397 g/mol. The summed E-state index contributed by atoms with van der Waals surface area (Å²) in [4.78, 5) is 51.0. The Morgan fingerprint density at radius 2 is 1.86 bits per heavy atom. The largest absolute Gasteiger partial charge is 0.467 e. The van der Waals surface area contributed by atoms with E-state index >= 15 is 0 Å². The number of esters is 1. The first kappa shape index (κ1) is 22.1. The quantitative estimate of drug-likeness (QED) is 0.417. The second kappa shape index (κ2) is 9.86. The maximum Gasteiger partial charge on any atom is 0.328 e. The Morgan fingerprint density at radius 1 is 1.18 bits per heavy atom. The van der Waals surface area contributed by atoms with Crippen molar-refractivity contribution < 1.29 is 28.7 Å². The molecule has 0 spiro atoms. The van der Waals surface area contributed by atoms with Crippen molar-refractivity contribution in [2.75, 3.05) is 20.2 Å². The molecule has 0 aromatic rings. The molecule has 2 rings (SSSR count). The number of amides is 3. The van der Waals surface area contributed by atoms with Crippen molar-refractivity contribution in [3.63, 3.8) is 0 Å². The highest BCUT2D eigenvalue weighted by Gasteiger charge is 2.51. The first-order valence-corrected chi connectivity index (χ1v) is 9.97. The Labute approximate surface area is 165 Å². The Morgan fingerprint density at radius 3 is 2.46 bits per heavy atom. The van der Waals surface area contributed by atoms with E-state index in [0.29, 0.717) is 32.4 Å². The molecule has 3 amide bonds. The van der Waals surface area contributed by atoms with E-state index in [0.717, 1.165) is 6.42 Å². The molecule has 5 atom stereocenters. The molecule has 0 unspecified atom stereocenters. The molecule has 158 valence electrons. The Balaban J connectivity index is 2.02. The van der Waals surface area contributed by atoms with Crippen LogP contribution in [0.2, 0.25) is 0 Å². The van der Waals surface area contributed by atoms with E-state index in [1.165, 1.54) is 12.0 Å².